The van der Waals surface area contributed by atoms with Gasteiger partial charge >= 0.3 is 5.97 Å². The Hall–Kier alpha value is -4.30. The van der Waals surface area contributed by atoms with E-state index in [-0.39, 0.29) is 16.3 Å². The summed E-state index contributed by atoms with van der Waals surface area (Å²) in [5, 5.41) is 2.64. The molecule has 36 heavy (non-hydrogen) atoms. The molecular formula is C27H23ClN2O6. The van der Waals surface area contributed by atoms with Crippen molar-refractivity contribution >= 4 is 40.8 Å². The third-order valence-corrected chi connectivity index (χ3v) is 5.53. The van der Waals surface area contributed by atoms with Crippen LogP contribution in [0.5, 0.6) is 17.2 Å². The number of anilines is 2. The fourth-order valence-electron chi connectivity index (χ4n) is 3.55. The molecule has 1 aliphatic heterocycles. The highest BCUT2D eigenvalue weighted by molar-refractivity contribution is 6.53. The molecule has 2 amide bonds. The van der Waals surface area contributed by atoms with E-state index in [1.165, 1.54) is 12.1 Å². The fourth-order valence-corrected chi connectivity index (χ4v) is 3.76. The summed E-state index contributed by atoms with van der Waals surface area (Å²) in [6, 6.07) is 19.8. The molecule has 0 radical (unpaired) electrons. The van der Waals surface area contributed by atoms with E-state index in [9.17, 15) is 14.4 Å². The summed E-state index contributed by atoms with van der Waals surface area (Å²) >= 11 is 6.24. The van der Waals surface area contributed by atoms with Crippen LogP contribution in [0.25, 0.3) is 0 Å². The molecule has 0 bridgehead atoms. The average molecular weight is 507 g/mol. The van der Waals surface area contributed by atoms with E-state index in [2.05, 4.69) is 5.32 Å². The van der Waals surface area contributed by atoms with Crippen LogP contribution in [0, 0.1) is 0 Å². The van der Waals surface area contributed by atoms with Crippen molar-refractivity contribution in [2.24, 2.45) is 0 Å². The van der Waals surface area contributed by atoms with Gasteiger partial charge in [0.1, 0.15) is 16.5 Å². The zero-order valence-electron chi connectivity index (χ0n) is 19.6. The number of nitrogens with zero attached hydrogens (tertiary/aromatic N) is 1. The van der Waals surface area contributed by atoms with Crippen LogP contribution >= 0.6 is 11.6 Å². The molecule has 0 aromatic heterocycles. The number of halogens is 1. The molecule has 0 saturated heterocycles. The minimum absolute atomic E-state index is 0.0751. The molecule has 4 rings (SSSR count). The van der Waals surface area contributed by atoms with E-state index in [0.29, 0.717) is 41.8 Å². The Bertz CT molecular complexity index is 1340. The second kappa shape index (κ2) is 11.0. The van der Waals surface area contributed by atoms with Crippen LogP contribution in [0.3, 0.4) is 0 Å². The number of nitrogens with one attached hydrogen (secondary N) is 1. The zero-order chi connectivity index (χ0) is 25.7. The zero-order valence-corrected chi connectivity index (χ0v) is 20.4. The Labute approximate surface area is 213 Å². The van der Waals surface area contributed by atoms with Gasteiger partial charge in [0.15, 0.2) is 11.5 Å². The van der Waals surface area contributed by atoms with Crippen LogP contribution in [0.1, 0.15) is 24.2 Å². The summed E-state index contributed by atoms with van der Waals surface area (Å²) in [5.74, 6) is -0.685. The highest BCUT2D eigenvalue weighted by Crippen LogP contribution is 2.35. The third-order valence-electron chi connectivity index (χ3n) is 5.17. The Balaban J connectivity index is 1.49. The maximum Gasteiger partial charge on any atom is 0.343 e. The highest BCUT2D eigenvalue weighted by atomic mass is 35.5. The topological polar surface area (TPSA) is 94.2 Å². The number of imide groups is 1. The maximum absolute atomic E-state index is 13.1. The number of benzene rings is 3. The second-order valence-corrected chi connectivity index (χ2v) is 7.89. The fraction of sp³-hybridized carbons (Fsp3) is 0.148. The van der Waals surface area contributed by atoms with Crippen LogP contribution in [0.4, 0.5) is 11.4 Å². The standard InChI is InChI=1S/C27H23ClN2O6/c1-3-34-20-10-6-5-9-19(20)30-25(31)23(28)24(26(30)32)29-18-15-13-17(14-16-18)27(33)36-22-12-8-7-11-21(22)35-4-2/h5-16,29H,3-4H2,1-2H3. The lowest BCUT2D eigenvalue weighted by Crippen LogP contribution is -2.32. The lowest BCUT2D eigenvalue weighted by atomic mass is 10.2. The van der Waals surface area contributed by atoms with Gasteiger partial charge in [-0.05, 0) is 62.4 Å². The molecule has 9 heteroatoms. The Morgan fingerprint density at radius 3 is 2.06 bits per heavy atom. The molecule has 3 aromatic rings. The summed E-state index contributed by atoms with van der Waals surface area (Å²) in [6.07, 6.45) is 0. The summed E-state index contributed by atoms with van der Waals surface area (Å²) in [6.45, 7) is 4.44. The van der Waals surface area contributed by atoms with Gasteiger partial charge in [0, 0.05) is 5.69 Å². The van der Waals surface area contributed by atoms with Crippen LogP contribution in [0.2, 0.25) is 0 Å². The molecule has 1 aliphatic rings. The lowest BCUT2D eigenvalue weighted by Gasteiger charge is -2.18. The molecule has 3 aromatic carbocycles. The Morgan fingerprint density at radius 1 is 0.806 bits per heavy atom. The number of hydrogen-bond donors (Lipinski definition) is 1. The smallest absolute Gasteiger partial charge is 0.343 e. The van der Waals surface area contributed by atoms with Crippen molar-refractivity contribution in [2.75, 3.05) is 23.4 Å². The van der Waals surface area contributed by atoms with E-state index in [0.717, 1.165) is 4.90 Å². The van der Waals surface area contributed by atoms with Crippen molar-refractivity contribution in [2.45, 2.75) is 13.8 Å². The minimum Gasteiger partial charge on any atom is -0.492 e. The van der Waals surface area contributed by atoms with Crippen molar-refractivity contribution < 1.29 is 28.6 Å². The van der Waals surface area contributed by atoms with E-state index in [1.54, 1.807) is 67.6 Å². The summed E-state index contributed by atoms with van der Waals surface area (Å²) in [5.41, 5.74) is 0.965. The van der Waals surface area contributed by atoms with E-state index in [4.69, 9.17) is 25.8 Å². The molecule has 184 valence electrons. The molecule has 0 spiro atoms. The normalized spacial score (nSPS) is 13.1. The quantitative estimate of drug-likeness (QED) is 0.244. The summed E-state index contributed by atoms with van der Waals surface area (Å²) in [4.78, 5) is 39.5. The van der Waals surface area contributed by atoms with Crippen molar-refractivity contribution in [3.8, 4) is 17.2 Å². The monoisotopic (exact) mass is 506 g/mol. The molecular weight excluding hydrogens is 484 g/mol. The number of esters is 1. The average Bonchev–Trinajstić information content (AvgIpc) is 3.09. The first-order valence-corrected chi connectivity index (χ1v) is 11.6. The largest absolute Gasteiger partial charge is 0.492 e. The number of ether oxygens (including phenoxy) is 3. The minimum atomic E-state index is -0.663. The van der Waals surface area contributed by atoms with Gasteiger partial charge in [0.25, 0.3) is 11.8 Å². The summed E-state index contributed by atoms with van der Waals surface area (Å²) < 4.78 is 16.5. The van der Waals surface area contributed by atoms with Crippen LogP contribution in [0.15, 0.2) is 83.5 Å². The lowest BCUT2D eigenvalue weighted by molar-refractivity contribution is -0.120. The molecule has 0 fully saturated rings. The van der Waals surface area contributed by atoms with E-state index in [1.807, 2.05) is 6.92 Å². The maximum atomic E-state index is 13.1. The predicted molar refractivity (Wildman–Crippen MR) is 136 cm³/mol. The molecule has 0 atom stereocenters. The number of carbonyl (C=O) groups excluding carboxylic acids is 3. The van der Waals surface area contributed by atoms with E-state index >= 15 is 0 Å². The van der Waals surface area contributed by atoms with Crippen molar-refractivity contribution in [3.05, 3.63) is 89.1 Å². The van der Waals surface area contributed by atoms with Gasteiger partial charge in [-0.1, -0.05) is 35.9 Å². The SMILES string of the molecule is CCOc1ccccc1OC(=O)c1ccc(NC2=C(Cl)C(=O)N(c3ccccc3OCC)C2=O)cc1. The van der Waals surface area contributed by atoms with Gasteiger partial charge in [-0.3, -0.25) is 9.59 Å². The van der Waals surface area contributed by atoms with Crippen LogP contribution in [-0.4, -0.2) is 31.0 Å². The van der Waals surface area contributed by atoms with Crippen LogP contribution in [-0.2, 0) is 9.59 Å². The number of para-hydroxylation sites is 4. The predicted octanol–water partition coefficient (Wildman–Crippen LogP) is 5.14. The van der Waals surface area contributed by atoms with Crippen LogP contribution < -0.4 is 24.4 Å². The molecule has 0 saturated carbocycles. The van der Waals surface area contributed by atoms with Crippen molar-refractivity contribution in [3.63, 3.8) is 0 Å². The van der Waals surface area contributed by atoms with Gasteiger partial charge < -0.3 is 19.5 Å². The van der Waals surface area contributed by atoms with Gasteiger partial charge in [-0.15, -0.1) is 0 Å². The van der Waals surface area contributed by atoms with Gasteiger partial charge in [-0.2, -0.15) is 0 Å². The first-order valence-electron chi connectivity index (χ1n) is 11.3. The Morgan fingerprint density at radius 2 is 1.39 bits per heavy atom. The number of rotatable bonds is 9. The molecule has 1 N–H and O–H groups in total. The number of amides is 2. The van der Waals surface area contributed by atoms with Gasteiger partial charge in [-0.25, -0.2) is 9.69 Å². The van der Waals surface area contributed by atoms with E-state index < -0.39 is 17.8 Å². The molecule has 0 unspecified atom stereocenters. The van der Waals surface area contributed by atoms with Gasteiger partial charge in [0.2, 0.25) is 0 Å². The van der Waals surface area contributed by atoms with Crippen molar-refractivity contribution in [1.82, 2.24) is 0 Å². The van der Waals surface area contributed by atoms with Crippen molar-refractivity contribution in [1.29, 1.82) is 0 Å². The molecule has 0 aliphatic carbocycles. The summed E-state index contributed by atoms with van der Waals surface area (Å²) in [7, 11) is 0. The Kier molecular flexibility index (Phi) is 7.56. The second-order valence-electron chi connectivity index (χ2n) is 7.51. The van der Waals surface area contributed by atoms with Gasteiger partial charge in [0.05, 0.1) is 24.5 Å². The third kappa shape index (κ3) is 5.04. The highest BCUT2D eigenvalue weighted by Gasteiger charge is 2.40. The number of carbonyl (C=O) groups is 3. The molecule has 1 heterocycles. The number of hydrogen-bond acceptors (Lipinski definition) is 7. The molecule has 8 nitrogen and oxygen atoms in total. The first-order chi connectivity index (χ1) is 17.4. The first kappa shape index (κ1) is 24.8.